The Morgan fingerprint density at radius 1 is 1.17 bits per heavy atom. The molecular formula is C14H11BrN2O. The van der Waals surface area contributed by atoms with Crippen LogP contribution in [0, 0.1) is 11.3 Å². The zero-order chi connectivity index (χ0) is 13.0. The van der Waals surface area contributed by atoms with Crippen LogP contribution in [0.25, 0.3) is 0 Å². The lowest BCUT2D eigenvalue weighted by Gasteiger charge is -2.13. The van der Waals surface area contributed by atoms with Gasteiger partial charge < -0.3 is 10.4 Å². The Morgan fingerprint density at radius 2 is 1.89 bits per heavy atom. The van der Waals surface area contributed by atoms with Gasteiger partial charge in [0.2, 0.25) is 0 Å². The number of halogens is 1. The van der Waals surface area contributed by atoms with E-state index in [1.54, 1.807) is 24.3 Å². The van der Waals surface area contributed by atoms with E-state index in [1.807, 2.05) is 24.3 Å². The summed E-state index contributed by atoms with van der Waals surface area (Å²) in [5.41, 5.74) is 1.68. The van der Waals surface area contributed by atoms with Gasteiger partial charge in [0.1, 0.15) is 11.8 Å². The quantitative estimate of drug-likeness (QED) is 0.906. The van der Waals surface area contributed by atoms with Crippen molar-refractivity contribution in [3.63, 3.8) is 0 Å². The SMILES string of the molecule is N#CC(Nc1cccc(Br)c1)c1ccc(O)cc1. The lowest BCUT2D eigenvalue weighted by molar-refractivity contribution is 0.475. The Labute approximate surface area is 114 Å². The van der Waals surface area contributed by atoms with E-state index in [-0.39, 0.29) is 5.75 Å². The number of anilines is 1. The third kappa shape index (κ3) is 3.02. The van der Waals surface area contributed by atoms with Gasteiger partial charge in [-0.25, -0.2) is 0 Å². The smallest absolute Gasteiger partial charge is 0.140 e. The highest BCUT2D eigenvalue weighted by atomic mass is 79.9. The van der Waals surface area contributed by atoms with Crippen molar-refractivity contribution in [2.24, 2.45) is 0 Å². The normalized spacial score (nSPS) is 11.6. The van der Waals surface area contributed by atoms with Crippen LogP contribution >= 0.6 is 15.9 Å². The number of hydrogen-bond acceptors (Lipinski definition) is 3. The predicted molar refractivity (Wildman–Crippen MR) is 74.2 cm³/mol. The van der Waals surface area contributed by atoms with Crippen LogP contribution in [0.15, 0.2) is 53.0 Å². The summed E-state index contributed by atoms with van der Waals surface area (Å²) in [7, 11) is 0. The summed E-state index contributed by atoms with van der Waals surface area (Å²) in [5, 5.41) is 21.6. The van der Waals surface area contributed by atoms with Crippen molar-refractivity contribution in [1.82, 2.24) is 0 Å². The lowest BCUT2D eigenvalue weighted by Crippen LogP contribution is -2.08. The number of phenols is 1. The van der Waals surface area contributed by atoms with E-state index in [2.05, 4.69) is 27.3 Å². The summed E-state index contributed by atoms with van der Waals surface area (Å²) in [6.45, 7) is 0. The van der Waals surface area contributed by atoms with Gasteiger partial charge in [-0.05, 0) is 35.9 Å². The van der Waals surface area contributed by atoms with Gasteiger partial charge >= 0.3 is 0 Å². The number of rotatable bonds is 3. The molecule has 0 spiro atoms. The molecule has 0 radical (unpaired) electrons. The fourth-order valence-corrected chi connectivity index (χ4v) is 2.00. The molecule has 4 heteroatoms. The van der Waals surface area contributed by atoms with Crippen molar-refractivity contribution in [1.29, 1.82) is 5.26 Å². The largest absolute Gasteiger partial charge is 0.508 e. The van der Waals surface area contributed by atoms with Crippen molar-refractivity contribution in [2.75, 3.05) is 5.32 Å². The van der Waals surface area contributed by atoms with E-state index in [0.717, 1.165) is 15.7 Å². The molecule has 18 heavy (non-hydrogen) atoms. The van der Waals surface area contributed by atoms with Crippen LogP contribution in [-0.2, 0) is 0 Å². The maximum Gasteiger partial charge on any atom is 0.140 e. The minimum Gasteiger partial charge on any atom is -0.508 e. The van der Waals surface area contributed by atoms with Gasteiger partial charge in [-0.1, -0.05) is 34.1 Å². The second-order valence-corrected chi connectivity index (χ2v) is 4.72. The van der Waals surface area contributed by atoms with E-state index in [9.17, 15) is 10.4 Å². The maximum absolute atomic E-state index is 9.23. The van der Waals surface area contributed by atoms with E-state index in [0.29, 0.717) is 0 Å². The minimum atomic E-state index is -0.445. The molecule has 0 aliphatic heterocycles. The average Bonchev–Trinajstić information content (AvgIpc) is 2.37. The molecule has 0 aromatic heterocycles. The zero-order valence-electron chi connectivity index (χ0n) is 9.47. The molecule has 1 unspecified atom stereocenters. The molecule has 1 atom stereocenters. The number of aromatic hydroxyl groups is 1. The van der Waals surface area contributed by atoms with Crippen LogP contribution in [-0.4, -0.2) is 5.11 Å². The zero-order valence-corrected chi connectivity index (χ0v) is 11.1. The van der Waals surface area contributed by atoms with Gasteiger partial charge in [-0.15, -0.1) is 0 Å². The molecule has 0 heterocycles. The number of hydrogen-bond donors (Lipinski definition) is 2. The number of nitriles is 1. The Balaban J connectivity index is 2.20. The molecule has 0 bridgehead atoms. The van der Waals surface area contributed by atoms with Crippen LogP contribution in [0.2, 0.25) is 0 Å². The van der Waals surface area contributed by atoms with Gasteiger partial charge in [0.15, 0.2) is 0 Å². The first-order valence-electron chi connectivity index (χ1n) is 5.39. The predicted octanol–water partition coefficient (Wildman–Crippen LogP) is 3.83. The van der Waals surface area contributed by atoms with Crippen LogP contribution in [0.4, 0.5) is 5.69 Å². The Hall–Kier alpha value is -1.99. The number of nitrogens with zero attached hydrogens (tertiary/aromatic N) is 1. The summed E-state index contributed by atoms with van der Waals surface area (Å²) in [5.74, 6) is 0.192. The third-order valence-electron chi connectivity index (χ3n) is 2.49. The molecule has 0 aliphatic carbocycles. The molecule has 90 valence electrons. The Bertz CT molecular complexity index is 575. The van der Waals surface area contributed by atoms with E-state index >= 15 is 0 Å². The number of nitrogens with one attached hydrogen (secondary N) is 1. The average molecular weight is 303 g/mol. The van der Waals surface area contributed by atoms with Gasteiger partial charge in [-0.2, -0.15) is 5.26 Å². The summed E-state index contributed by atoms with van der Waals surface area (Å²) in [4.78, 5) is 0. The highest BCUT2D eigenvalue weighted by Crippen LogP contribution is 2.23. The molecule has 2 aromatic carbocycles. The van der Waals surface area contributed by atoms with Crippen molar-refractivity contribution < 1.29 is 5.11 Å². The van der Waals surface area contributed by atoms with Gasteiger partial charge in [-0.3, -0.25) is 0 Å². The van der Waals surface area contributed by atoms with Crippen molar-refractivity contribution in [3.05, 3.63) is 58.6 Å². The molecule has 0 amide bonds. The lowest BCUT2D eigenvalue weighted by atomic mass is 10.1. The topological polar surface area (TPSA) is 56.0 Å². The fraction of sp³-hybridized carbons (Fsp3) is 0.0714. The fourth-order valence-electron chi connectivity index (χ4n) is 1.60. The molecule has 2 rings (SSSR count). The number of phenolic OH excluding ortho intramolecular Hbond substituents is 1. The van der Waals surface area contributed by atoms with Gasteiger partial charge in [0.25, 0.3) is 0 Å². The molecule has 0 aliphatic rings. The highest BCUT2D eigenvalue weighted by molar-refractivity contribution is 9.10. The van der Waals surface area contributed by atoms with Crippen LogP contribution in [0.5, 0.6) is 5.75 Å². The summed E-state index contributed by atoms with van der Waals surface area (Å²) in [6, 6.07) is 16.0. The molecule has 0 saturated heterocycles. The number of benzene rings is 2. The van der Waals surface area contributed by atoms with Gasteiger partial charge in [0, 0.05) is 10.2 Å². The minimum absolute atomic E-state index is 0.192. The molecular weight excluding hydrogens is 292 g/mol. The van der Waals surface area contributed by atoms with Crippen molar-refractivity contribution in [2.45, 2.75) is 6.04 Å². The molecule has 0 fully saturated rings. The van der Waals surface area contributed by atoms with E-state index in [4.69, 9.17) is 0 Å². The van der Waals surface area contributed by atoms with E-state index < -0.39 is 6.04 Å². The Morgan fingerprint density at radius 3 is 2.50 bits per heavy atom. The van der Waals surface area contributed by atoms with Crippen LogP contribution in [0.1, 0.15) is 11.6 Å². The first-order chi connectivity index (χ1) is 8.69. The second kappa shape index (κ2) is 5.56. The molecule has 2 aromatic rings. The first kappa shape index (κ1) is 12.5. The molecule has 3 nitrogen and oxygen atoms in total. The second-order valence-electron chi connectivity index (χ2n) is 3.81. The summed E-state index contributed by atoms with van der Waals surface area (Å²) >= 11 is 3.38. The highest BCUT2D eigenvalue weighted by Gasteiger charge is 2.10. The third-order valence-corrected chi connectivity index (χ3v) is 2.98. The standard InChI is InChI=1S/C14H11BrN2O/c15-11-2-1-3-12(8-11)17-14(9-16)10-4-6-13(18)7-5-10/h1-8,14,17-18H. The van der Waals surface area contributed by atoms with E-state index in [1.165, 1.54) is 0 Å². The molecule has 2 N–H and O–H groups in total. The monoisotopic (exact) mass is 302 g/mol. The van der Waals surface area contributed by atoms with Crippen molar-refractivity contribution >= 4 is 21.6 Å². The maximum atomic E-state index is 9.23. The summed E-state index contributed by atoms with van der Waals surface area (Å²) < 4.78 is 0.954. The molecule has 0 saturated carbocycles. The van der Waals surface area contributed by atoms with Gasteiger partial charge in [0.05, 0.1) is 6.07 Å². The summed E-state index contributed by atoms with van der Waals surface area (Å²) in [6.07, 6.45) is 0. The van der Waals surface area contributed by atoms with Crippen molar-refractivity contribution in [3.8, 4) is 11.8 Å². The van der Waals surface area contributed by atoms with Crippen LogP contribution < -0.4 is 5.32 Å². The first-order valence-corrected chi connectivity index (χ1v) is 6.19. The van der Waals surface area contributed by atoms with Crippen LogP contribution in [0.3, 0.4) is 0 Å². The Kier molecular flexibility index (Phi) is 3.85.